The van der Waals surface area contributed by atoms with Crippen LogP contribution in [0.15, 0.2) is 29.5 Å². The second-order valence-corrected chi connectivity index (χ2v) is 2.94. The number of rotatable bonds is 2. The smallest absolute Gasteiger partial charge is 0.148 e. The third kappa shape index (κ3) is 2.10. The minimum absolute atomic E-state index is 0.275. The third-order valence-corrected chi connectivity index (χ3v) is 1.60. The predicted octanol–water partition coefficient (Wildman–Crippen LogP) is 1.42. The van der Waals surface area contributed by atoms with E-state index in [4.69, 9.17) is 5.73 Å². The van der Waals surface area contributed by atoms with Crippen molar-refractivity contribution in [1.29, 1.82) is 0 Å². The summed E-state index contributed by atoms with van der Waals surface area (Å²) in [5, 5.41) is 0. The molecule has 11 heavy (non-hydrogen) atoms. The second kappa shape index (κ2) is 3.59. The molecule has 0 saturated heterocycles. The van der Waals surface area contributed by atoms with Crippen molar-refractivity contribution in [3.05, 3.63) is 35.3 Å². The van der Waals surface area contributed by atoms with Gasteiger partial charge in [-0.25, -0.2) is 9.97 Å². The molecule has 2 N–H and O–H groups in total. The Kier molecular flexibility index (Phi) is 2.73. The average molecular weight is 214 g/mol. The first-order chi connectivity index (χ1) is 5.24. The van der Waals surface area contributed by atoms with E-state index in [1.165, 1.54) is 0 Å². The topological polar surface area (TPSA) is 51.8 Å². The molecule has 0 saturated carbocycles. The Morgan fingerprint density at radius 2 is 2.09 bits per heavy atom. The number of hydrogen-bond acceptors (Lipinski definition) is 3. The molecule has 1 aromatic heterocycles. The number of aromatic nitrogens is 2. The Labute approximate surface area is 73.5 Å². The van der Waals surface area contributed by atoms with E-state index in [0.717, 1.165) is 4.47 Å². The predicted molar refractivity (Wildman–Crippen MR) is 46.9 cm³/mol. The van der Waals surface area contributed by atoms with Crippen molar-refractivity contribution >= 4 is 15.9 Å². The molecule has 0 aliphatic rings. The number of nitrogens with zero attached hydrogens (tertiary/aromatic N) is 2. The van der Waals surface area contributed by atoms with Gasteiger partial charge in [0.1, 0.15) is 5.82 Å². The van der Waals surface area contributed by atoms with Gasteiger partial charge in [0.15, 0.2) is 0 Å². The van der Waals surface area contributed by atoms with Gasteiger partial charge in [-0.15, -0.1) is 6.58 Å². The Hall–Kier alpha value is -0.740. The number of nitrogens with two attached hydrogens (primary N) is 1. The molecule has 0 amide bonds. The number of halogens is 1. The zero-order valence-corrected chi connectivity index (χ0v) is 7.45. The fraction of sp³-hybridized carbons (Fsp3) is 0.143. The van der Waals surface area contributed by atoms with E-state index in [1.807, 2.05) is 0 Å². The highest BCUT2D eigenvalue weighted by molar-refractivity contribution is 9.10. The summed E-state index contributed by atoms with van der Waals surface area (Å²) in [6.07, 6.45) is 4.92. The molecule has 1 heterocycles. The largest absolute Gasteiger partial charge is 0.318 e. The molecule has 0 aliphatic carbocycles. The average Bonchev–Trinajstić information content (AvgIpc) is 2.05. The van der Waals surface area contributed by atoms with Gasteiger partial charge in [0.2, 0.25) is 0 Å². The monoisotopic (exact) mass is 213 g/mol. The lowest BCUT2D eigenvalue weighted by Crippen LogP contribution is -2.10. The molecule has 58 valence electrons. The van der Waals surface area contributed by atoms with Crippen LogP contribution in [0.2, 0.25) is 0 Å². The summed E-state index contributed by atoms with van der Waals surface area (Å²) < 4.78 is 0.845. The molecule has 0 fully saturated rings. The molecule has 4 heteroatoms. The first-order valence-electron chi connectivity index (χ1n) is 3.09. The van der Waals surface area contributed by atoms with E-state index in [1.54, 1.807) is 18.5 Å². The van der Waals surface area contributed by atoms with E-state index in [-0.39, 0.29) is 6.04 Å². The summed E-state index contributed by atoms with van der Waals surface area (Å²) in [7, 11) is 0. The van der Waals surface area contributed by atoms with Crippen molar-refractivity contribution in [2.24, 2.45) is 5.73 Å². The zero-order chi connectivity index (χ0) is 8.27. The molecule has 1 atom stereocenters. The lowest BCUT2D eigenvalue weighted by molar-refractivity contribution is 0.806. The first-order valence-corrected chi connectivity index (χ1v) is 3.89. The first kappa shape index (κ1) is 8.36. The van der Waals surface area contributed by atoms with Crippen molar-refractivity contribution in [3.8, 4) is 0 Å². The molecule has 0 bridgehead atoms. The van der Waals surface area contributed by atoms with E-state index < -0.39 is 0 Å². The van der Waals surface area contributed by atoms with E-state index in [9.17, 15) is 0 Å². The molecule has 0 aliphatic heterocycles. The van der Waals surface area contributed by atoms with Crippen LogP contribution in [0.4, 0.5) is 0 Å². The Balaban J connectivity index is 2.89. The van der Waals surface area contributed by atoms with Gasteiger partial charge in [0, 0.05) is 12.4 Å². The Morgan fingerprint density at radius 1 is 1.55 bits per heavy atom. The van der Waals surface area contributed by atoms with Gasteiger partial charge in [-0.2, -0.15) is 0 Å². The van der Waals surface area contributed by atoms with Gasteiger partial charge in [0.05, 0.1) is 10.5 Å². The number of hydrogen-bond donors (Lipinski definition) is 1. The standard InChI is InChI=1S/C7H8BrN3/c1-2-6(9)7-10-3-5(8)4-11-7/h2-4,6H,1,9H2. The van der Waals surface area contributed by atoms with Gasteiger partial charge >= 0.3 is 0 Å². The van der Waals surface area contributed by atoms with Crippen LogP contribution in [0.5, 0.6) is 0 Å². The SMILES string of the molecule is C=CC(N)c1ncc(Br)cn1. The minimum atomic E-state index is -0.275. The zero-order valence-electron chi connectivity index (χ0n) is 5.87. The lowest BCUT2D eigenvalue weighted by Gasteiger charge is -2.02. The highest BCUT2D eigenvalue weighted by Gasteiger charge is 2.02. The highest BCUT2D eigenvalue weighted by atomic mass is 79.9. The van der Waals surface area contributed by atoms with Crippen LogP contribution in [-0.4, -0.2) is 9.97 Å². The molecule has 1 aromatic rings. The quantitative estimate of drug-likeness (QED) is 0.757. The normalized spacial score (nSPS) is 12.5. The molecule has 0 spiro atoms. The molecule has 3 nitrogen and oxygen atoms in total. The van der Waals surface area contributed by atoms with Gasteiger partial charge in [0.25, 0.3) is 0 Å². The summed E-state index contributed by atoms with van der Waals surface area (Å²) in [5.74, 6) is 0.586. The van der Waals surface area contributed by atoms with Gasteiger partial charge in [-0.05, 0) is 15.9 Å². The van der Waals surface area contributed by atoms with Gasteiger partial charge in [-0.3, -0.25) is 0 Å². The van der Waals surface area contributed by atoms with Crippen molar-refractivity contribution in [3.63, 3.8) is 0 Å². The molecule has 0 radical (unpaired) electrons. The van der Waals surface area contributed by atoms with Crippen molar-refractivity contribution in [1.82, 2.24) is 9.97 Å². The third-order valence-electron chi connectivity index (χ3n) is 1.19. The van der Waals surface area contributed by atoms with Gasteiger partial charge in [-0.1, -0.05) is 6.08 Å². The van der Waals surface area contributed by atoms with Crippen molar-refractivity contribution in [2.45, 2.75) is 6.04 Å². The van der Waals surface area contributed by atoms with Crippen LogP contribution in [0.3, 0.4) is 0 Å². The molecular weight excluding hydrogens is 206 g/mol. The van der Waals surface area contributed by atoms with E-state index >= 15 is 0 Å². The molecular formula is C7H8BrN3. The summed E-state index contributed by atoms with van der Waals surface area (Å²) >= 11 is 3.22. The minimum Gasteiger partial charge on any atom is -0.318 e. The maximum absolute atomic E-state index is 5.59. The molecule has 1 unspecified atom stereocenters. The van der Waals surface area contributed by atoms with Crippen LogP contribution in [0.1, 0.15) is 11.9 Å². The Bertz CT molecular complexity index is 244. The van der Waals surface area contributed by atoms with Crippen LogP contribution in [0.25, 0.3) is 0 Å². The molecule has 1 rings (SSSR count). The van der Waals surface area contributed by atoms with E-state index in [0.29, 0.717) is 5.82 Å². The van der Waals surface area contributed by atoms with Gasteiger partial charge < -0.3 is 5.73 Å². The maximum atomic E-state index is 5.59. The summed E-state index contributed by atoms with van der Waals surface area (Å²) in [4.78, 5) is 7.99. The van der Waals surface area contributed by atoms with Crippen molar-refractivity contribution in [2.75, 3.05) is 0 Å². The maximum Gasteiger partial charge on any atom is 0.148 e. The summed E-state index contributed by atoms with van der Waals surface area (Å²) in [6, 6.07) is -0.275. The van der Waals surface area contributed by atoms with Crippen molar-refractivity contribution < 1.29 is 0 Å². The van der Waals surface area contributed by atoms with Crippen LogP contribution in [-0.2, 0) is 0 Å². The highest BCUT2D eigenvalue weighted by Crippen LogP contribution is 2.08. The second-order valence-electron chi connectivity index (χ2n) is 2.02. The fourth-order valence-corrected chi connectivity index (χ4v) is 0.805. The van der Waals surface area contributed by atoms with E-state index in [2.05, 4.69) is 32.5 Å². The van der Waals surface area contributed by atoms with Crippen LogP contribution >= 0.6 is 15.9 Å². The summed E-state index contributed by atoms with van der Waals surface area (Å²) in [6.45, 7) is 3.54. The van der Waals surface area contributed by atoms with Crippen LogP contribution in [0, 0.1) is 0 Å². The molecule has 0 aromatic carbocycles. The Morgan fingerprint density at radius 3 is 2.55 bits per heavy atom. The lowest BCUT2D eigenvalue weighted by atomic mass is 10.3. The summed E-state index contributed by atoms with van der Waals surface area (Å²) in [5.41, 5.74) is 5.59. The van der Waals surface area contributed by atoms with Crippen LogP contribution < -0.4 is 5.73 Å². The fourth-order valence-electron chi connectivity index (χ4n) is 0.600.